The van der Waals surface area contributed by atoms with Crippen molar-refractivity contribution < 1.29 is 14.4 Å². The Bertz CT molecular complexity index is 1320. The molecular weight excluding hydrogens is 464 g/mol. The molecule has 2 aliphatic heterocycles. The Balaban J connectivity index is 1.53. The maximum Gasteiger partial charge on any atom is 0.319 e. The van der Waals surface area contributed by atoms with Gasteiger partial charge in [0.15, 0.2) is 11.3 Å². The lowest BCUT2D eigenvalue weighted by Crippen LogP contribution is -2.57. The molecule has 1 spiro atoms. The highest BCUT2D eigenvalue weighted by Crippen LogP contribution is 2.41. The van der Waals surface area contributed by atoms with E-state index in [4.69, 9.17) is 4.99 Å². The number of hydrogen-bond acceptors (Lipinski definition) is 7. The van der Waals surface area contributed by atoms with Gasteiger partial charge in [-0.2, -0.15) is 0 Å². The maximum atomic E-state index is 14.1. The minimum atomic E-state index is -1.20. The molecule has 2 unspecified atom stereocenters. The molecule has 10 heteroatoms. The van der Waals surface area contributed by atoms with E-state index in [9.17, 15) is 14.4 Å². The number of hydrogen-bond donors (Lipinski definition) is 4. The van der Waals surface area contributed by atoms with E-state index in [1.165, 1.54) is 11.3 Å². The van der Waals surface area contributed by atoms with Crippen LogP contribution in [-0.4, -0.2) is 53.7 Å². The number of urea groups is 1. The number of anilines is 1. The van der Waals surface area contributed by atoms with Gasteiger partial charge in [-0.05, 0) is 38.1 Å². The van der Waals surface area contributed by atoms with Crippen LogP contribution in [0.4, 0.5) is 9.80 Å². The van der Waals surface area contributed by atoms with Crippen molar-refractivity contribution in [1.82, 2.24) is 20.9 Å². The van der Waals surface area contributed by atoms with Crippen molar-refractivity contribution in [2.45, 2.75) is 25.3 Å². The number of piperidine rings is 1. The average Bonchev–Trinajstić information content (AvgIpc) is 3.36. The zero-order valence-electron chi connectivity index (χ0n) is 19.3. The molecule has 3 aromatic rings. The molecule has 1 aromatic carbocycles. The summed E-state index contributed by atoms with van der Waals surface area (Å²) in [5, 5.41) is 12.9. The number of Topliss-reactive ketones (excluding diaryl/α,β-unsaturated/α-hetero) is 1. The molecule has 180 valence electrons. The van der Waals surface area contributed by atoms with Crippen molar-refractivity contribution in [3.63, 3.8) is 0 Å². The fourth-order valence-electron chi connectivity index (χ4n) is 4.76. The molecule has 4 N–H and O–H groups in total. The number of thiophene rings is 1. The number of carbonyl (C=O) groups excluding carboxylic acids is 3. The van der Waals surface area contributed by atoms with Crippen LogP contribution in [0.25, 0.3) is 10.1 Å². The van der Waals surface area contributed by atoms with Gasteiger partial charge in [-0.15, -0.1) is 11.3 Å². The summed E-state index contributed by atoms with van der Waals surface area (Å²) in [5.41, 5.74) is 0.0158. The predicted molar refractivity (Wildman–Crippen MR) is 136 cm³/mol. The summed E-state index contributed by atoms with van der Waals surface area (Å²) in [5.74, 6) is -0.671. The first-order chi connectivity index (χ1) is 17.0. The number of aliphatic imine (C=N–C) groups is 1. The molecule has 9 nitrogen and oxygen atoms in total. The number of amidine groups is 1. The van der Waals surface area contributed by atoms with E-state index in [0.29, 0.717) is 48.9 Å². The summed E-state index contributed by atoms with van der Waals surface area (Å²) in [6.07, 6.45) is 2.49. The number of nitrogens with zero attached hydrogens (tertiary/aromatic N) is 2. The van der Waals surface area contributed by atoms with Crippen LogP contribution in [0.1, 0.15) is 29.4 Å². The van der Waals surface area contributed by atoms with Crippen LogP contribution < -0.4 is 21.3 Å². The second-order valence-corrected chi connectivity index (χ2v) is 9.64. The predicted octanol–water partition coefficient (Wildman–Crippen LogP) is 2.74. The third-order valence-electron chi connectivity index (χ3n) is 6.39. The third-order valence-corrected chi connectivity index (χ3v) is 7.48. The van der Waals surface area contributed by atoms with Crippen molar-refractivity contribution in [3.8, 4) is 0 Å². The van der Waals surface area contributed by atoms with Gasteiger partial charge in [0, 0.05) is 41.5 Å². The number of nitrogens with one attached hydrogen (secondary N) is 4. The van der Waals surface area contributed by atoms with Gasteiger partial charge in [-0.3, -0.25) is 24.9 Å². The lowest BCUT2D eigenvalue weighted by atomic mass is 9.74. The summed E-state index contributed by atoms with van der Waals surface area (Å²) in [6.45, 7) is 3.18. The lowest BCUT2D eigenvalue weighted by molar-refractivity contribution is -0.125. The van der Waals surface area contributed by atoms with E-state index < -0.39 is 11.5 Å². The average molecular weight is 491 g/mol. The first-order valence-electron chi connectivity index (χ1n) is 11.6. The fraction of sp³-hybridized carbons (Fsp3) is 0.320. The zero-order valence-corrected chi connectivity index (χ0v) is 20.1. The van der Waals surface area contributed by atoms with Gasteiger partial charge in [-0.25, -0.2) is 4.79 Å². The normalized spacial score (nSPS) is 21.6. The van der Waals surface area contributed by atoms with Crippen LogP contribution in [0.2, 0.25) is 0 Å². The molecule has 3 amide bonds. The molecule has 0 saturated carbocycles. The highest BCUT2D eigenvalue weighted by Gasteiger charge is 2.54. The minimum Gasteiger partial charge on any atom is -0.338 e. The molecule has 0 bridgehead atoms. The van der Waals surface area contributed by atoms with Gasteiger partial charge in [-0.1, -0.05) is 24.3 Å². The monoisotopic (exact) mass is 490 g/mol. The third kappa shape index (κ3) is 4.30. The van der Waals surface area contributed by atoms with Gasteiger partial charge in [0.1, 0.15) is 10.8 Å². The molecule has 1 saturated heterocycles. The first kappa shape index (κ1) is 23.1. The number of carbonyl (C=O) groups is 3. The Hall–Kier alpha value is -3.63. The molecule has 5 rings (SSSR count). The van der Waals surface area contributed by atoms with E-state index in [0.717, 1.165) is 15.8 Å². The Morgan fingerprint density at radius 3 is 2.83 bits per heavy atom. The Morgan fingerprint density at radius 1 is 1.20 bits per heavy atom. The first-order valence-corrected chi connectivity index (χ1v) is 12.4. The summed E-state index contributed by atoms with van der Waals surface area (Å²) in [7, 11) is 0. The lowest BCUT2D eigenvalue weighted by Gasteiger charge is -2.36. The number of rotatable bonds is 6. The summed E-state index contributed by atoms with van der Waals surface area (Å²) >= 11 is 1.35. The second-order valence-electron chi connectivity index (χ2n) is 8.59. The van der Waals surface area contributed by atoms with E-state index in [2.05, 4.69) is 26.3 Å². The second kappa shape index (κ2) is 9.55. The van der Waals surface area contributed by atoms with Crippen LogP contribution in [0.15, 0.2) is 53.7 Å². The van der Waals surface area contributed by atoms with Crippen LogP contribution >= 0.6 is 11.3 Å². The quantitative estimate of drug-likeness (QED) is 0.396. The van der Waals surface area contributed by atoms with E-state index in [1.807, 2.05) is 49.4 Å². The van der Waals surface area contributed by atoms with Crippen molar-refractivity contribution in [2.24, 2.45) is 10.9 Å². The van der Waals surface area contributed by atoms with Crippen molar-refractivity contribution >= 4 is 50.0 Å². The molecule has 0 aliphatic carbocycles. The highest BCUT2D eigenvalue weighted by atomic mass is 32.1. The minimum absolute atomic E-state index is 0.209. The standard InChI is InChI=1S/C25H26N6O3S/c1-2-27-24(34)30-22-20(16-8-3-4-9-18(16)35-22)21(32)17-14-26-12-10-25(17)23(33)29-19(31-25)13-15-7-5-6-11-28-15/h3-9,11,17,26H,2,10,12-14H2,1H3,(H2,27,30,34)(H,29,31,33). The van der Waals surface area contributed by atoms with Crippen molar-refractivity contribution in [3.05, 3.63) is 59.9 Å². The van der Waals surface area contributed by atoms with Crippen LogP contribution in [-0.2, 0) is 11.2 Å². The molecule has 35 heavy (non-hydrogen) atoms. The van der Waals surface area contributed by atoms with E-state index >= 15 is 0 Å². The highest BCUT2D eigenvalue weighted by molar-refractivity contribution is 7.23. The van der Waals surface area contributed by atoms with Gasteiger partial charge in [0.25, 0.3) is 5.91 Å². The van der Waals surface area contributed by atoms with Gasteiger partial charge < -0.3 is 16.0 Å². The largest absolute Gasteiger partial charge is 0.338 e. The molecule has 2 atom stereocenters. The van der Waals surface area contributed by atoms with Crippen molar-refractivity contribution in [2.75, 3.05) is 25.0 Å². The number of benzene rings is 1. The number of aromatic nitrogens is 1. The molecule has 2 aromatic heterocycles. The van der Waals surface area contributed by atoms with Crippen LogP contribution in [0.3, 0.4) is 0 Å². The Morgan fingerprint density at radius 2 is 2.03 bits per heavy atom. The van der Waals surface area contributed by atoms with Crippen molar-refractivity contribution in [1.29, 1.82) is 0 Å². The number of pyridine rings is 1. The van der Waals surface area contributed by atoms with E-state index in [-0.39, 0.29) is 17.7 Å². The number of amides is 3. The zero-order chi connectivity index (χ0) is 24.4. The maximum absolute atomic E-state index is 14.1. The molecule has 0 radical (unpaired) electrons. The fourth-order valence-corrected chi connectivity index (χ4v) is 5.86. The molecular formula is C25H26N6O3S. The number of ketones is 1. The SMILES string of the molecule is CCNC(=O)Nc1sc2ccccc2c1C(=O)C1CNCCC12N=C(Cc1ccccn1)NC2=O. The molecule has 2 aliphatic rings. The number of fused-ring (bicyclic) bond motifs is 1. The van der Waals surface area contributed by atoms with Gasteiger partial charge in [0.05, 0.1) is 11.5 Å². The van der Waals surface area contributed by atoms with Gasteiger partial charge >= 0.3 is 6.03 Å². The molecule has 4 heterocycles. The summed E-state index contributed by atoms with van der Waals surface area (Å²) in [6, 6.07) is 12.8. The Kier molecular flexibility index (Phi) is 6.31. The smallest absolute Gasteiger partial charge is 0.319 e. The van der Waals surface area contributed by atoms with Crippen LogP contribution in [0, 0.1) is 5.92 Å². The summed E-state index contributed by atoms with van der Waals surface area (Å²) in [4.78, 5) is 49.0. The van der Waals surface area contributed by atoms with Crippen LogP contribution in [0.5, 0.6) is 0 Å². The van der Waals surface area contributed by atoms with E-state index in [1.54, 1.807) is 6.20 Å². The molecule has 1 fully saturated rings. The van der Waals surface area contributed by atoms with Gasteiger partial charge in [0.2, 0.25) is 0 Å². The topological polar surface area (TPSA) is 125 Å². The summed E-state index contributed by atoms with van der Waals surface area (Å²) < 4.78 is 0.885. The Labute approximate surface area is 206 Å².